The molecule has 5 nitrogen and oxygen atoms in total. The van der Waals surface area contributed by atoms with Gasteiger partial charge in [-0.2, -0.15) is 13.2 Å². The number of hydrogen-bond acceptors (Lipinski definition) is 4. The highest BCUT2D eigenvalue weighted by molar-refractivity contribution is 5.85. The molecule has 26 heavy (non-hydrogen) atoms. The Morgan fingerprint density at radius 3 is 2.38 bits per heavy atom. The Bertz CT molecular complexity index is 731. The molecular weight excluding hydrogens is 349 g/mol. The van der Waals surface area contributed by atoms with Gasteiger partial charge in [-0.3, -0.25) is 0 Å². The van der Waals surface area contributed by atoms with Crippen LogP contribution in [0.5, 0.6) is 5.75 Å². The van der Waals surface area contributed by atoms with E-state index in [-0.39, 0.29) is 11.4 Å². The molecule has 2 rings (SSSR count). The number of aromatic carboxylic acids is 1. The maximum absolute atomic E-state index is 12.5. The van der Waals surface area contributed by atoms with E-state index in [1.165, 1.54) is 18.3 Å². The Labute approximate surface area is 148 Å². The van der Waals surface area contributed by atoms with Gasteiger partial charge in [0.05, 0.1) is 12.7 Å². The molecule has 1 aromatic heterocycles. The second-order valence-corrected chi connectivity index (χ2v) is 5.92. The Morgan fingerprint density at radius 1 is 1.23 bits per heavy atom. The van der Waals surface area contributed by atoms with Crippen LogP contribution in [0.3, 0.4) is 0 Å². The van der Waals surface area contributed by atoms with E-state index < -0.39 is 30.8 Å². The maximum atomic E-state index is 12.5. The van der Waals surface area contributed by atoms with Gasteiger partial charge in [0.2, 0.25) is 0 Å². The van der Waals surface area contributed by atoms with Crippen molar-refractivity contribution < 1.29 is 27.8 Å². The molecule has 0 amide bonds. The monoisotopic (exact) mass is 368 g/mol. The summed E-state index contributed by atoms with van der Waals surface area (Å²) in [5.41, 5.74) is 1.56. The molecule has 2 atom stereocenters. The van der Waals surface area contributed by atoms with Gasteiger partial charge in [-0.15, -0.1) is 0 Å². The Kier molecular flexibility index (Phi) is 6.20. The summed E-state index contributed by atoms with van der Waals surface area (Å²) in [4.78, 5) is 14.6. The number of pyridine rings is 1. The first-order valence-electron chi connectivity index (χ1n) is 7.88. The molecule has 0 unspecified atom stereocenters. The van der Waals surface area contributed by atoms with E-state index in [9.17, 15) is 18.0 Å². The fourth-order valence-corrected chi connectivity index (χ4v) is 2.32. The van der Waals surface area contributed by atoms with Crippen molar-refractivity contribution in [1.29, 1.82) is 0 Å². The lowest BCUT2D eigenvalue weighted by Crippen LogP contribution is -2.40. The van der Waals surface area contributed by atoms with Gasteiger partial charge in [0.15, 0.2) is 0 Å². The zero-order valence-electron chi connectivity index (χ0n) is 14.2. The summed E-state index contributed by atoms with van der Waals surface area (Å²) >= 11 is 0. The van der Waals surface area contributed by atoms with E-state index in [0.29, 0.717) is 5.56 Å². The van der Waals surface area contributed by atoms with Crippen molar-refractivity contribution in [1.82, 2.24) is 10.3 Å². The Morgan fingerprint density at radius 2 is 1.88 bits per heavy atom. The minimum Gasteiger partial charge on any atom is -0.482 e. The maximum Gasteiger partial charge on any atom is 0.401 e. The smallest absolute Gasteiger partial charge is 0.401 e. The molecule has 0 aliphatic heterocycles. The number of aromatic nitrogens is 1. The minimum atomic E-state index is -4.34. The molecule has 8 heteroatoms. The molecule has 1 heterocycles. The van der Waals surface area contributed by atoms with Crippen LogP contribution in [-0.4, -0.2) is 34.8 Å². The van der Waals surface area contributed by atoms with E-state index in [4.69, 9.17) is 9.84 Å². The Balaban J connectivity index is 2.21. The molecule has 2 N–H and O–H groups in total. The molecule has 2 aromatic rings. The molecule has 0 saturated carbocycles. The molecule has 0 bridgehead atoms. The third-order valence-electron chi connectivity index (χ3n) is 3.70. The van der Waals surface area contributed by atoms with Gasteiger partial charge in [-0.05, 0) is 31.5 Å². The molecule has 1 aromatic carbocycles. The van der Waals surface area contributed by atoms with Gasteiger partial charge in [0, 0.05) is 6.04 Å². The van der Waals surface area contributed by atoms with Gasteiger partial charge in [0.25, 0.3) is 0 Å². The van der Waals surface area contributed by atoms with Crippen molar-refractivity contribution in [3.05, 3.63) is 59.4 Å². The van der Waals surface area contributed by atoms with E-state index in [1.807, 2.05) is 19.1 Å². The summed E-state index contributed by atoms with van der Waals surface area (Å²) in [7, 11) is 0. The van der Waals surface area contributed by atoms with Crippen LogP contribution in [-0.2, 0) is 0 Å². The number of hydrogen-bond donors (Lipinski definition) is 2. The average Bonchev–Trinajstić information content (AvgIpc) is 2.58. The van der Waals surface area contributed by atoms with E-state index in [0.717, 1.165) is 5.56 Å². The molecule has 0 radical (unpaired) electrons. The summed E-state index contributed by atoms with van der Waals surface area (Å²) in [5, 5.41) is 11.3. The zero-order valence-corrected chi connectivity index (χ0v) is 14.2. The molecule has 0 fully saturated rings. The van der Waals surface area contributed by atoms with Gasteiger partial charge in [-0.25, -0.2) is 9.78 Å². The van der Waals surface area contributed by atoms with Gasteiger partial charge in [-0.1, -0.05) is 29.8 Å². The summed E-state index contributed by atoms with van der Waals surface area (Å²) in [6, 6.07) is 9.29. The number of nitrogens with zero attached hydrogens (tertiary/aromatic N) is 1. The number of nitrogens with one attached hydrogen (secondary N) is 1. The molecule has 0 aliphatic rings. The van der Waals surface area contributed by atoms with Crippen LogP contribution in [0.4, 0.5) is 13.2 Å². The molecule has 0 spiro atoms. The van der Waals surface area contributed by atoms with Crippen LogP contribution >= 0.6 is 0 Å². The number of carbonyl (C=O) groups is 1. The van der Waals surface area contributed by atoms with E-state index >= 15 is 0 Å². The molecule has 0 aliphatic carbocycles. The predicted molar refractivity (Wildman–Crippen MR) is 89.3 cm³/mol. The zero-order chi connectivity index (χ0) is 19.3. The first kappa shape index (κ1) is 19.7. The van der Waals surface area contributed by atoms with Crippen molar-refractivity contribution in [3.63, 3.8) is 0 Å². The van der Waals surface area contributed by atoms with Crippen molar-refractivity contribution >= 4 is 5.97 Å². The highest BCUT2D eigenvalue weighted by Gasteiger charge is 2.30. The Hall–Kier alpha value is -2.61. The molecule has 0 saturated heterocycles. The standard InChI is InChI=1S/C18H19F3N2O3/c1-11-3-5-13(6-4-11)16(12(2)23-10-18(19,20)21)26-14-7-8-15(17(24)25)22-9-14/h3-9,12,16,23H,10H2,1-2H3,(H,24,25)/t12-,16-/m0/s1. The van der Waals surface area contributed by atoms with Gasteiger partial charge < -0.3 is 15.2 Å². The fraction of sp³-hybridized carbons (Fsp3) is 0.333. The van der Waals surface area contributed by atoms with Gasteiger partial charge in [0.1, 0.15) is 17.5 Å². The van der Waals surface area contributed by atoms with Crippen molar-refractivity contribution in [2.75, 3.05) is 6.54 Å². The number of alkyl halides is 3. The first-order valence-corrected chi connectivity index (χ1v) is 7.88. The van der Waals surface area contributed by atoms with Crippen LogP contribution in [0.1, 0.15) is 34.6 Å². The van der Waals surface area contributed by atoms with Crippen molar-refractivity contribution in [2.45, 2.75) is 32.2 Å². The van der Waals surface area contributed by atoms with Crippen LogP contribution in [0.25, 0.3) is 0 Å². The van der Waals surface area contributed by atoms with E-state index in [1.54, 1.807) is 19.1 Å². The summed E-state index contributed by atoms with van der Waals surface area (Å²) in [5.74, 6) is -0.909. The van der Waals surface area contributed by atoms with Crippen LogP contribution < -0.4 is 10.1 Å². The largest absolute Gasteiger partial charge is 0.482 e. The minimum absolute atomic E-state index is 0.146. The first-order chi connectivity index (χ1) is 12.2. The number of carboxylic acids is 1. The number of ether oxygens (including phenoxy) is 1. The third kappa shape index (κ3) is 5.73. The fourth-order valence-electron chi connectivity index (χ4n) is 2.32. The second kappa shape index (κ2) is 8.18. The lowest BCUT2D eigenvalue weighted by atomic mass is 10.0. The van der Waals surface area contributed by atoms with Gasteiger partial charge >= 0.3 is 12.1 Å². The molecule has 140 valence electrons. The lowest BCUT2D eigenvalue weighted by Gasteiger charge is -2.27. The second-order valence-electron chi connectivity index (χ2n) is 5.92. The van der Waals surface area contributed by atoms with E-state index in [2.05, 4.69) is 10.3 Å². The highest BCUT2D eigenvalue weighted by atomic mass is 19.4. The summed E-state index contributed by atoms with van der Waals surface area (Å²) in [6.45, 7) is 2.35. The van der Waals surface area contributed by atoms with Crippen molar-refractivity contribution in [2.24, 2.45) is 0 Å². The molecular formula is C18H19F3N2O3. The van der Waals surface area contributed by atoms with Crippen molar-refractivity contribution in [3.8, 4) is 5.75 Å². The number of aryl methyl sites for hydroxylation is 1. The predicted octanol–water partition coefficient (Wildman–Crippen LogP) is 3.75. The number of carboxylic acid groups (broad SMARTS) is 1. The number of rotatable bonds is 7. The van der Waals surface area contributed by atoms with Crippen LogP contribution in [0.15, 0.2) is 42.6 Å². The topological polar surface area (TPSA) is 71.5 Å². The average molecular weight is 368 g/mol. The summed E-state index contributed by atoms with van der Waals surface area (Å²) in [6.07, 6.45) is -3.81. The third-order valence-corrected chi connectivity index (χ3v) is 3.70. The number of benzene rings is 1. The SMILES string of the molecule is Cc1ccc([C@@H](Oc2ccc(C(=O)O)nc2)[C@H](C)NCC(F)(F)F)cc1. The lowest BCUT2D eigenvalue weighted by molar-refractivity contribution is -0.127. The van der Waals surface area contributed by atoms with Crippen LogP contribution in [0, 0.1) is 6.92 Å². The normalized spacial score (nSPS) is 13.9. The number of halogens is 3. The highest BCUT2D eigenvalue weighted by Crippen LogP contribution is 2.26. The van der Waals surface area contributed by atoms with Crippen LogP contribution in [0.2, 0.25) is 0 Å². The summed E-state index contributed by atoms with van der Waals surface area (Å²) < 4.78 is 43.4. The quantitative estimate of drug-likeness (QED) is 0.779.